The number of rotatable bonds is 12. The van der Waals surface area contributed by atoms with Crippen molar-refractivity contribution in [3.63, 3.8) is 0 Å². The van der Waals surface area contributed by atoms with Gasteiger partial charge < -0.3 is 20.5 Å². The van der Waals surface area contributed by atoms with Crippen LogP contribution in [0.2, 0.25) is 0 Å². The highest BCUT2D eigenvalue weighted by molar-refractivity contribution is 5.79. The zero-order valence-corrected chi connectivity index (χ0v) is 20.8. The first kappa shape index (κ1) is 26.3. The third kappa shape index (κ3) is 7.31. The number of aliphatic carboxylic acids is 1. The third-order valence-electron chi connectivity index (χ3n) is 6.40. The highest BCUT2D eigenvalue weighted by Gasteiger charge is 2.29. The lowest BCUT2D eigenvalue weighted by molar-refractivity contribution is -0.139. The van der Waals surface area contributed by atoms with Crippen molar-refractivity contribution < 1.29 is 24.2 Å². The first-order chi connectivity index (χ1) is 16.7. The Morgan fingerprint density at radius 3 is 2.20 bits per heavy atom. The van der Waals surface area contributed by atoms with Gasteiger partial charge in [0.1, 0.15) is 6.61 Å². The Balaban J connectivity index is 1.56. The van der Waals surface area contributed by atoms with Crippen LogP contribution in [0.1, 0.15) is 69.9 Å². The average Bonchev–Trinajstić information content (AvgIpc) is 3.13. The fraction of sp³-hybridized carbons (Fsp3) is 0.464. The van der Waals surface area contributed by atoms with Gasteiger partial charge in [0.15, 0.2) is 0 Å². The summed E-state index contributed by atoms with van der Waals surface area (Å²) < 4.78 is 5.64. The summed E-state index contributed by atoms with van der Waals surface area (Å²) in [5.74, 6) is -1.15. The molecule has 0 fully saturated rings. The summed E-state index contributed by atoms with van der Waals surface area (Å²) in [7, 11) is 0. The first-order valence-corrected chi connectivity index (χ1v) is 12.3. The van der Waals surface area contributed by atoms with Crippen molar-refractivity contribution in [3.8, 4) is 11.1 Å². The molecule has 0 heterocycles. The van der Waals surface area contributed by atoms with E-state index < -0.39 is 17.5 Å². The van der Waals surface area contributed by atoms with Gasteiger partial charge in [-0.2, -0.15) is 0 Å². The van der Waals surface area contributed by atoms with Crippen LogP contribution < -0.4 is 10.6 Å². The van der Waals surface area contributed by atoms with Crippen molar-refractivity contribution in [1.29, 1.82) is 0 Å². The first-order valence-electron chi connectivity index (χ1n) is 12.3. The van der Waals surface area contributed by atoms with Crippen molar-refractivity contribution in [3.05, 3.63) is 59.7 Å². The second-order valence-corrected chi connectivity index (χ2v) is 10.0. The van der Waals surface area contributed by atoms with Gasteiger partial charge in [0.2, 0.25) is 5.91 Å². The summed E-state index contributed by atoms with van der Waals surface area (Å²) in [5, 5.41) is 14.7. The number of ether oxygens (including phenoxy) is 1. The molecule has 1 aliphatic carbocycles. The minimum Gasteiger partial charge on any atom is -0.481 e. The fourth-order valence-corrected chi connectivity index (χ4v) is 4.59. The summed E-state index contributed by atoms with van der Waals surface area (Å²) in [6, 6.07) is 16.0. The van der Waals surface area contributed by atoms with E-state index in [1.165, 1.54) is 11.1 Å². The molecule has 0 aliphatic heterocycles. The Hall–Kier alpha value is -3.35. The summed E-state index contributed by atoms with van der Waals surface area (Å²) in [6.45, 7) is 6.12. The van der Waals surface area contributed by atoms with Gasteiger partial charge >= 0.3 is 12.1 Å². The number of hydrogen-bond donors (Lipinski definition) is 3. The van der Waals surface area contributed by atoms with Gasteiger partial charge in [0, 0.05) is 24.9 Å². The molecule has 1 aliphatic rings. The molecule has 188 valence electrons. The summed E-state index contributed by atoms with van der Waals surface area (Å²) in [5.41, 5.74) is 4.07. The largest absolute Gasteiger partial charge is 0.481 e. The second-order valence-electron chi connectivity index (χ2n) is 10.0. The van der Waals surface area contributed by atoms with Crippen molar-refractivity contribution in [2.75, 3.05) is 13.2 Å². The molecular formula is C28H36N2O5. The molecule has 3 N–H and O–H groups in total. The summed E-state index contributed by atoms with van der Waals surface area (Å²) in [6.07, 6.45) is 2.01. The summed E-state index contributed by atoms with van der Waals surface area (Å²) >= 11 is 0. The van der Waals surface area contributed by atoms with E-state index in [9.17, 15) is 14.4 Å². The number of carboxylic acid groups (broad SMARTS) is 1. The molecule has 2 aromatic rings. The van der Waals surface area contributed by atoms with Gasteiger partial charge in [-0.05, 0) is 34.1 Å². The lowest BCUT2D eigenvalue weighted by Crippen LogP contribution is -2.42. The van der Waals surface area contributed by atoms with Crippen LogP contribution in [0.15, 0.2) is 48.5 Å². The number of carboxylic acids is 1. The highest BCUT2D eigenvalue weighted by atomic mass is 16.5. The minimum atomic E-state index is -0.901. The van der Waals surface area contributed by atoms with E-state index >= 15 is 0 Å². The number of nitrogens with one attached hydrogen (secondary N) is 2. The molecule has 3 rings (SSSR count). The van der Waals surface area contributed by atoms with E-state index in [0.717, 1.165) is 24.0 Å². The molecule has 0 saturated heterocycles. The van der Waals surface area contributed by atoms with Crippen LogP contribution >= 0.6 is 0 Å². The van der Waals surface area contributed by atoms with E-state index in [4.69, 9.17) is 9.84 Å². The Morgan fingerprint density at radius 1 is 1.03 bits per heavy atom. The molecule has 35 heavy (non-hydrogen) atoms. The second kappa shape index (κ2) is 11.9. The monoisotopic (exact) mass is 480 g/mol. The number of unbranched alkanes of at least 4 members (excludes halogenated alkanes) is 1. The van der Waals surface area contributed by atoms with Crippen LogP contribution in [0.4, 0.5) is 4.79 Å². The van der Waals surface area contributed by atoms with Gasteiger partial charge in [-0.3, -0.25) is 9.59 Å². The number of fused-ring (bicyclic) bond motifs is 3. The number of carbonyl (C=O) groups is 3. The molecule has 0 radical (unpaired) electrons. The molecule has 7 nitrogen and oxygen atoms in total. The van der Waals surface area contributed by atoms with Crippen LogP contribution in [0.5, 0.6) is 0 Å². The molecular weight excluding hydrogens is 444 g/mol. The number of hydrogen-bond acceptors (Lipinski definition) is 4. The number of carbonyl (C=O) groups excluding carboxylic acids is 2. The van der Waals surface area contributed by atoms with Crippen LogP contribution in [0, 0.1) is 5.41 Å². The Bertz CT molecular complexity index is 1000. The topological polar surface area (TPSA) is 105 Å². The standard InChI is InChI=1S/C28H36N2O5/c1-4-5-10-19(15-25(31)29-18-28(2,3)16-26(32)33)30-27(34)35-17-24-22-13-8-6-11-20(22)21-12-7-9-14-23(21)24/h6-9,11-14,19,24H,4-5,10,15-18H2,1-3H3,(H,29,31)(H,30,34)(H,32,33)/t19-/m0/s1. The quantitative estimate of drug-likeness (QED) is 0.392. The fourth-order valence-electron chi connectivity index (χ4n) is 4.59. The number of amides is 2. The highest BCUT2D eigenvalue weighted by Crippen LogP contribution is 2.44. The molecule has 0 spiro atoms. The number of alkyl carbamates (subject to hydrolysis) is 1. The smallest absolute Gasteiger partial charge is 0.407 e. The van der Waals surface area contributed by atoms with Gasteiger partial charge in [-0.1, -0.05) is 82.1 Å². The zero-order valence-electron chi connectivity index (χ0n) is 20.8. The van der Waals surface area contributed by atoms with E-state index in [-0.39, 0.29) is 43.9 Å². The number of benzene rings is 2. The van der Waals surface area contributed by atoms with Gasteiger partial charge in [0.25, 0.3) is 0 Å². The SMILES string of the molecule is CCCC[C@@H](CC(=O)NCC(C)(C)CC(=O)O)NC(=O)OCC1c2ccccc2-c2ccccc21. The predicted octanol–water partition coefficient (Wildman–Crippen LogP) is 5.09. The molecule has 0 unspecified atom stereocenters. The Kier molecular flexibility index (Phi) is 8.90. The van der Waals surface area contributed by atoms with Crippen molar-refractivity contribution in [2.24, 2.45) is 5.41 Å². The molecule has 7 heteroatoms. The van der Waals surface area contributed by atoms with Crippen LogP contribution in [-0.4, -0.2) is 42.3 Å². The average molecular weight is 481 g/mol. The van der Waals surface area contributed by atoms with Crippen molar-refractivity contribution >= 4 is 18.0 Å². The molecule has 2 amide bonds. The molecule has 0 bridgehead atoms. The molecule has 2 aromatic carbocycles. The Labute approximate surface area is 207 Å². The van der Waals surface area contributed by atoms with Crippen LogP contribution in [0.3, 0.4) is 0 Å². The van der Waals surface area contributed by atoms with Crippen molar-refractivity contribution in [2.45, 2.75) is 64.8 Å². The van der Waals surface area contributed by atoms with Gasteiger partial charge in [0.05, 0.1) is 6.42 Å². The zero-order chi connectivity index (χ0) is 25.4. The normalized spacial score (nSPS) is 13.5. The maximum absolute atomic E-state index is 12.7. The maximum Gasteiger partial charge on any atom is 0.407 e. The predicted molar refractivity (Wildman–Crippen MR) is 135 cm³/mol. The molecule has 0 aromatic heterocycles. The lowest BCUT2D eigenvalue weighted by Gasteiger charge is -2.24. The van der Waals surface area contributed by atoms with E-state index in [1.807, 2.05) is 24.3 Å². The lowest BCUT2D eigenvalue weighted by atomic mass is 9.89. The molecule has 0 saturated carbocycles. The molecule has 1 atom stereocenters. The van der Waals surface area contributed by atoms with Gasteiger partial charge in [-0.15, -0.1) is 0 Å². The van der Waals surface area contributed by atoms with Crippen molar-refractivity contribution in [1.82, 2.24) is 10.6 Å². The third-order valence-corrected chi connectivity index (χ3v) is 6.40. The van der Waals surface area contributed by atoms with E-state index in [0.29, 0.717) is 6.42 Å². The van der Waals surface area contributed by atoms with E-state index in [1.54, 1.807) is 13.8 Å². The van der Waals surface area contributed by atoms with E-state index in [2.05, 4.69) is 41.8 Å². The van der Waals surface area contributed by atoms with Gasteiger partial charge in [-0.25, -0.2) is 4.79 Å². The van der Waals surface area contributed by atoms with Crippen LogP contribution in [-0.2, 0) is 14.3 Å². The maximum atomic E-state index is 12.7. The Morgan fingerprint density at radius 2 is 1.63 bits per heavy atom. The summed E-state index contributed by atoms with van der Waals surface area (Å²) in [4.78, 5) is 36.2. The minimum absolute atomic E-state index is 0.0259. The van der Waals surface area contributed by atoms with Crippen LogP contribution in [0.25, 0.3) is 11.1 Å².